The molecule has 9 heteroatoms. The molecule has 1 fully saturated rings. The minimum atomic E-state index is -0.259. The average molecular weight is 454 g/mol. The number of H-pyrrole nitrogens is 2. The molecule has 170 valence electrons. The van der Waals surface area contributed by atoms with Crippen LogP contribution in [0.2, 0.25) is 0 Å². The summed E-state index contributed by atoms with van der Waals surface area (Å²) in [5, 5.41) is 5.91. The molecule has 0 atom stereocenters. The summed E-state index contributed by atoms with van der Waals surface area (Å²) in [5.41, 5.74) is 3.10. The Morgan fingerprint density at radius 3 is 2.44 bits per heavy atom. The Morgan fingerprint density at radius 2 is 1.62 bits per heavy atom. The highest BCUT2D eigenvalue weighted by Gasteiger charge is 2.27. The number of hydrogen-bond donors (Lipinski definition) is 2. The first-order valence-corrected chi connectivity index (χ1v) is 11.2. The largest absolute Gasteiger partial charge is 0.361 e. The molecular weight excluding hydrogens is 432 g/mol. The van der Waals surface area contributed by atoms with Crippen molar-refractivity contribution in [2.24, 2.45) is 0 Å². The third-order valence-corrected chi connectivity index (χ3v) is 6.54. The molecule has 2 amide bonds. The minimum Gasteiger partial charge on any atom is -0.361 e. The monoisotopic (exact) mass is 454 g/mol. The Kier molecular flexibility index (Phi) is 4.68. The van der Waals surface area contributed by atoms with Crippen molar-refractivity contribution in [2.45, 2.75) is 6.42 Å². The predicted molar refractivity (Wildman–Crippen MR) is 128 cm³/mol. The van der Waals surface area contributed by atoms with Gasteiger partial charge in [0.2, 0.25) is 5.91 Å². The third kappa shape index (κ3) is 3.24. The zero-order valence-corrected chi connectivity index (χ0v) is 18.3. The molecule has 3 aromatic heterocycles. The van der Waals surface area contributed by atoms with Crippen LogP contribution in [-0.2, 0) is 11.2 Å². The number of aromatic amines is 2. The molecule has 2 N–H and O–H groups in total. The van der Waals surface area contributed by atoms with Gasteiger partial charge in [-0.25, -0.2) is 4.52 Å². The van der Waals surface area contributed by atoms with Crippen LogP contribution in [0.5, 0.6) is 0 Å². The van der Waals surface area contributed by atoms with Gasteiger partial charge in [0, 0.05) is 43.3 Å². The first-order chi connectivity index (χ1) is 16.6. The molecule has 34 heavy (non-hydrogen) atoms. The van der Waals surface area contributed by atoms with Gasteiger partial charge < -0.3 is 19.8 Å². The first-order valence-electron chi connectivity index (χ1n) is 11.2. The number of amides is 2. The van der Waals surface area contributed by atoms with E-state index in [1.807, 2.05) is 36.5 Å². The number of rotatable bonds is 3. The van der Waals surface area contributed by atoms with Crippen molar-refractivity contribution < 1.29 is 9.59 Å². The van der Waals surface area contributed by atoms with Crippen LogP contribution in [-0.4, -0.2) is 67.4 Å². The summed E-state index contributed by atoms with van der Waals surface area (Å²) in [4.78, 5) is 48.2. The summed E-state index contributed by atoms with van der Waals surface area (Å²) in [7, 11) is 0. The lowest BCUT2D eigenvalue weighted by molar-refractivity contribution is -0.131. The van der Waals surface area contributed by atoms with Gasteiger partial charge in [0.15, 0.2) is 0 Å². The van der Waals surface area contributed by atoms with E-state index in [4.69, 9.17) is 0 Å². The Balaban J connectivity index is 1.17. The van der Waals surface area contributed by atoms with E-state index in [1.54, 1.807) is 32.5 Å². The lowest BCUT2D eigenvalue weighted by atomic mass is 10.1. The van der Waals surface area contributed by atoms with E-state index in [0.717, 1.165) is 16.5 Å². The average Bonchev–Trinajstić information content (AvgIpc) is 3.48. The molecule has 4 heterocycles. The number of nitrogens with zero attached hydrogens (tertiary/aromatic N) is 4. The zero-order valence-electron chi connectivity index (χ0n) is 18.3. The van der Waals surface area contributed by atoms with E-state index in [2.05, 4.69) is 15.1 Å². The summed E-state index contributed by atoms with van der Waals surface area (Å²) in [6.07, 6.45) is 3.70. The van der Waals surface area contributed by atoms with Crippen LogP contribution in [0.1, 0.15) is 15.9 Å². The van der Waals surface area contributed by atoms with Gasteiger partial charge in [0.1, 0.15) is 11.2 Å². The summed E-state index contributed by atoms with van der Waals surface area (Å²) in [6, 6.07) is 15.1. The molecule has 1 aliphatic rings. The second-order valence-corrected chi connectivity index (χ2v) is 8.50. The minimum absolute atomic E-state index is 0.0450. The standard InChI is InChI=1S/C25H22N6O3/c32-22(13-16-14-26-20-7-3-1-5-17(16)20)29-9-11-30(12-10-29)25(34)19-15-27-31-21-8-4-2-6-18(21)24(33)28-23(19)31/h1-8,14-15,26H,9-13H2,(H,28,33). The molecule has 1 saturated heterocycles. The molecule has 9 nitrogen and oxygen atoms in total. The van der Waals surface area contributed by atoms with Crippen molar-refractivity contribution in [1.82, 2.24) is 29.4 Å². The molecule has 5 aromatic rings. The van der Waals surface area contributed by atoms with E-state index < -0.39 is 0 Å². The van der Waals surface area contributed by atoms with Gasteiger partial charge in [-0.2, -0.15) is 5.10 Å². The molecular formula is C25H22N6O3. The number of nitrogens with one attached hydrogen (secondary N) is 2. The number of aromatic nitrogens is 4. The van der Waals surface area contributed by atoms with Gasteiger partial charge in [-0.05, 0) is 23.8 Å². The Labute approximate surface area is 193 Å². The highest BCUT2D eigenvalue weighted by atomic mass is 16.2. The molecule has 2 aromatic carbocycles. The topological polar surface area (TPSA) is 107 Å². The predicted octanol–water partition coefficient (Wildman–Crippen LogP) is 2.18. The lowest BCUT2D eigenvalue weighted by Crippen LogP contribution is -2.51. The Hall–Kier alpha value is -4.40. The fourth-order valence-corrected chi connectivity index (χ4v) is 4.71. The van der Waals surface area contributed by atoms with Gasteiger partial charge in [-0.1, -0.05) is 30.3 Å². The van der Waals surface area contributed by atoms with Crippen LogP contribution in [0.25, 0.3) is 27.5 Å². The van der Waals surface area contributed by atoms with Gasteiger partial charge in [-0.3, -0.25) is 14.4 Å². The number of fused-ring (bicyclic) bond motifs is 4. The number of para-hydroxylation sites is 2. The van der Waals surface area contributed by atoms with Crippen molar-refractivity contribution in [3.63, 3.8) is 0 Å². The van der Waals surface area contributed by atoms with Gasteiger partial charge in [0.25, 0.3) is 11.5 Å². The highest BCUT2D eigenvalue weighted by Crippen LogP contribution is 2.20. The van der Waals surface area contributed by atoms with Crippen LogP contribution in [0.3, 0.4) is 0 Å². The maximum absolute atomic E-state index is 13.2. The van der Waals surface area contributed by atoms with Crippen molar-refractivity contribution in [1.29, 1.82) is 0 Å². The van der Waals surface area contributed by atoms with E-state index in [9.17, 15) is 14.4 Å². The highest BCUT2D eigenvalue weighted by molar-refractivity contribution is 6.00. The van der Waals surface area contributed by atoms with Crippen LogP contribution in [0, 0.1) is 0 Å². The van der Waals surface area contributed by atoms with Crippen LogP contribution >= 0.6 is 0 Å². The second kappa shape index (κ2) is 7.87. The van der Waals surface area contributed by atoms with Gasteiger partial charge >= 0.3 is 0 Å². The van der Waals surface area contributed by atoms with Crippen molar-refractivity contribution in [2.75, 3.05) is 26.2 Å². The summed E-state index contributed by atoms with van der Waals surface area (Å²) in [5.74, 6) is -0.159. The van der Waals surface area contributed by atoms with Crippen LogP contribution < -0.4 is 5.56 Å². The molecule has 0 unspecified atom stereocenters. The number of benzene rings is 2. The molecule has 0 saturated carbocycles. The third-order valence-electron chi connectivity index (χ3n) is 6.54. The quantitative estimate of drug-likeness (QED) is 0.436. The van der Waals surface area contributed by atoms with E-state index >= 15 is 0 Å². The molecule has 6 rings (SSSR count). The number of carbonyl (C=O) groups is 2. The van der Waals surface area contributed by atoms with Crippen molar-refractivity contribution >= 4 is 39.3 Å². The summed E-state index contributed by atoms with van der Waals surface area (Å²) >= 11 is 0. The zero-order chi connectivity index (χ0) is 23.2. The number of hydrogen-bond acceptors (Lipinski definition) is 4. The van der Waals surface area contributed by atoms with E-state index in [1.165, 1.54) is 6.20 Å². The smallest absolute Gasteiger partial charge is 0.259 e. The van der Waals surface area contributed by atoms with Crippen LogP contribution in [0.15, 0.2) is 65.7 Å². The fourth-order valence-electron chi connectivity index (χ4n) is 4.71. The SMILES string of the molecule is O=C(Cc1c[nH]c2ccccc12)N1CCN(C(=O)c2cnn3c2[nH]c(=O)c2ccccc23)CC1. The number of carbonyl (C=O) groups excluding carboxylic acids is 2. The molecule has 0 radical (unpaired) electrons. The molecule has 0 aliphatic carbocycles. The van der Waals surface area contributed by atoms with Crippen LogP contribution in [0.4, 0.5) is 0 Å². The second-order valence-electron chi connectivity index (χ2n) is 8.50. The van der Waals surface area contributed by atoms with Crippen molar-refractivity contribution in [3.05, 3.63) is 82.4 Å². The van der Waals surface area contributed by atoms with Gasteiger partial charge in [0.05, 0.1) is 23.5 Å². The van der Waals surface area contributed by atoms with Crippen molar-refractivity contribution in [3.8, 4) is 0 Å². The Morgan fingerprint density at radius 1 is 0.912 bits per heavy atom. The first kappa shape index (κ1) is 20.2. The summed E-state index contributed by atoms with van der Waals surface area (Å²) < 4.78 is 1.59. The maximum Gasteiger partial charge on any atom is 0.259 e. The van der Waals surface area contributed by atoms with E-state index in [0.29, 0.717) is 54.7 Å². The lowest BCUT2D eigenvalue weighted by Gasteiger charge is -2.34. The normalized spacial score (nSPS) is 14.4. The Bertz CT molecular complexity index is 1620. The molecule has 1 aliphatic heterocycles. The number of piperazine rings is 1. The van der Waals surface area contributed by atoms with E-state index in [-0.39, 0.29) is 17.4 Å². The fraction of sp³-hybridized carbons (Fsp3) is 0.200. The maximum atomic E-state index is 13.2. The molecule has 0 bridgehead atoms. The summed E-state index contributed by atoms with van der Waals surface area (Å²) in [6.45, 7) is 1.78. The van der Waals surface area contributed by atoms with Gasteiger partial charge in [-0.15, -0.1) is 0 Å². The molecule has 0 spiro atoms.